The number of nitrogens with one attached hydrogen (secondary N) is 1. The fraction of sp³-hybridized carbons (Fsp3) is 0.600. The maximum Gasteiger partial charge on any atom is 0.146 e. The molecule has 0 bridgehead atoms. The summed E-state index contributed by atoms with van der Waals surface area (Å²) in [5, 5.41) is 3.37. The van der Waals surface area contributed by atoms with E-state index in [1.54, 1.807) is 6.07 Å². The van der Waals surface area contributed by atoms with E-state index in [1.807, 2.05) is 18.0 Å². The van der Waals surface area contributed by atoms with Crippen LogP contribution in [0.4, 0.5) is 10.1 Å². The summed E-state index contributed by atoms with van der Waals surface area (Å²) in [5.74, 6) is 0.458. The van der Waals surface area contributed by atoms with Crippen molar-refractivity contribution >= 4 is 5.69 Å². The van der Waals surface area contributed by atoms with Crippen LogP contribution >= 0.6 is 0 Å². The molecule has 0 spiro atoms. The Morgan fingerprint density at radius 1 is 1.22 bits per heavy atom. The molecule has 0 aliphatic heterocycles. The monoisotopic (exact) mass is 252 g/mol. The lowest BCUT2D eigenvalue weighted by Crippen LogP contribution is -2.29. The zero-order valence-corrected chi connectivity index (χ0v) is 12.1. The third-order valence-electron chi connectivity index (χ3n) is 3.07. The molecule has 0 saturated carbocycles. The first-order valence-electron chi connectivity index (χ1n) is 6.64. The molecule has 0 amide bonds. The Bertz CT molecular complexity index is 375. The molecule has 3 heteroatoms. The van der Waals surface area contributed by atoms with Crippen LogP contribution in [0.15, 0.2) is 18.2 Å². The van der Waals surface area contributed by atoms with Gasteiger partial charge in [-0.3, -0.25) is 0 Å². The van der Waals surface area contributed by atoms with Gasteiger partial charge in [-0.25, -0.2) is 4.39 Å². The minimum atomic E-state index is -0.143. The molecule has 0 aliphatic rings. The van der Waals surface area contributed by atoms with E-state index in [0.717, 1.165) is 12.1 Å². The number of benzene rings is 1. The van der Waals surface area contributed by atoms with Gasteiger partial charge in [-0.1, -0.05) is 26.0 Å². The van der Waals surface area contributed by atoms with Crippen molar-refractivity contribution in [3.63, 3.8) is 0 Å². The molecule has 1 N–H and O–H groups in total. The number of hydrogen-bond donors (Lipinski definition) is 1. The second-order valence-corrected chi connectivity index (χ2v) is 5.48. The van der Waals surface area contributed by atoms with Gasteiger partial charge < -0.3 is 10.2 Å². The molecule has 0 heterocycles. The van der Waals surface area contributed by atoms with Crippen LogP contribution in [0.5, 0.6) is 0 Å². The molecule has 0 atom stereocenters. The van der Waals surface area contributed by atoms with Gasteiger partial charge in [-0.15, -0.1) is 0 Å². The SMILES string of the molecule is CC(C)CNCc1cccc(F)c1N(C)C(C)C. The average molecular weight is 252 g/mol. The maximum absolute atomic E-state index is 14.0. The molecular formula is C15H25FN2. The molecule has 0 unspecified atom stereocenters. The number of hydrogen-bond acceptors (Lipinski definition) is 2. The van der Waals surface area contributed by atoms with Gasteiger partial charge in [-0.05, 0) is 37.9 Å². The van der Waals surface area contributed by atoms with Crippen LogP contribution in [0.25, 0.3) is 0 Å². The highest BCUT2D eigenvalue weighted by molar-refractivity contribution is 5.54. The van der Waals surface area contributed by atoms with Crippen molar-refractivity contribution < 1.29 is 4.39 Å². The Morgan fingerprint density at radius 2 is 1.89 bits per heavy atom. The Labute approximate surface area is 110 Å². The van der Waals surface area contributed by atoms with E-state index in [-0.39, 0.29) is 11.9 Å². The van der Waals surface area contributed by atoms with Gasteiger partial charge in [0.1, 0.15) is 5.82 Å². The number of rotatable bonds is 6. The summed E-state index contributed by atoms with van der Waals surface area (Å²) >= 11 is 0. The molecule has 0 radical (unpaired) electrons. The summed E-state index contributed by atoms with van der Waals surface area (Å²) < 4.78 is 14.0. The van der Waals surface area contributed by atoms with Gasteiger partial charge >= 0.3 is 0 Å². The highest BCUT2D eigenvalue weighted by atomic mass is 19.1. The van der Waals surface area contributed by atoms with E-state index >= 15 is 0 Å². The first-order valence-corrected chi connectivity index (χ1v) is 6.64. The fourth-order valence-corrected chi connectivity index (χ4v) is 1.85. The molecule has 18 heavy (non-hydrogen) atoms. The highest BCUT2D eigenvalue weighted by Gasteiger charge is 2.14. The second kappa shape index (κ2) is 6.74. The number of nitrogens with zero attached hydrogens (tertiary/aromatic N) is 1. The van der Waals surface area contributed by atoms with Crippen LogP contribution in [-0.2, 0) is 6.54 Å². The molecule has 1 aromatic rings. The summed E-state index contributed by atoms with van der Waals surface area (Å²) in [6, 6.07) is 5.58. The molecular weight excluding hydrogens is 227 g/mol. The standard InChI is InChI=1S/C15H25FN2/c1-11(2)9-17-10-13-7-6-8-14(16)15(13)18(5)12(3)4/h6-8,11-12,17H,9-10H2,1-5H3. The highest BCUT2D eigenvalue weighted by Crippen LogP contribution is 2.25. The molecule has 1 rings (SSSR count). The third-order valence-corrected chi connectivity index (χ3v) is 3.07. The molecule has 1 aromatic carbocycles. The normalized spacial score (nSPS) is 11.3. The van der Waals surface area contributed by atoms with E-state index in [0.29, 0.717) is 18.2 Å². The molecule has 0 aliphatic carbocycles. The number of halogens is 1. The van der Waals surface area contributed by atoms with Gasteiger partial charge in [0, 0.05) is 19.6 Å². The lowest BCUT2D eigenvalue weighted by atomic mass is 10.1. The minimum absolute atomic E-state index is 0.143. The molecule has 102 valence electrons. The van der Waals surface area contributed by atoms with E-state index in [2.05, 4.69) is 33.0 Å². The second-order valence-electron chi connectivity index (χ2n) is 5.48. The number of para-hydroxylation sites is 1. The van der Waals surface area contributed by atoms with Crippen LogP contribution in [0.3, 0.4) is 0 Å². The van der Waals surface area contributed by atoms with Crippen LogP contribution in [-0.4, -0.2) is 19.6 Å². The van der Waals surface area contributed by atoms with Crippen molar-refractivity contribution in [3.05, 3.63) is 29.6 Å². The van der Waals surface area contributed by atoms with Crippen molar-refractivity contribution in [3.8, 4) is 0 Å². The van der Waals surface area contributed by atoms with Gasteiger partial charge in [0.15, 0.2) is 0 Å². The van der Waals surface area contributed by atoms with Gasteiger partial charge in [0.2, 0.25) is 0 Å². The van der Waals surface area contributed by atoms with Crippen LogP contribution < -0.4 is 10.2 Å². The van der Waals surface area contributed by atoms with Crippen LogP contribution in [0.1, 0.15) is 33.3 Å². The summed E-state index contributed by atoms with van der Waals surface area (Å²) in [6.45, 7) is 10.1. The fourth-order valence-electron chi connectivity index (χ4n) is 1.85. The predicted molar refractivity (Wildman–Crippen MR) is 76.5 cm³/mol. The van der Waals surface area contributed by atoms with E-state index in [9.17, 15) is 4.39 Å². The molecule has 0 saturated heterocycles. The third kappa shape index (κ3) is 3.98. The van der Waals surface area contributed by atoms with Gasteiger partial charge in [0.25, 0.3) is 0 Å². The van der Waals surface area contributed by atoms with Crippen molar-refractivity contribution in [1.29, 1.82) is 0 Å². The van der Waals surface area contributed by atoms with E-state index in [1.165, 1.54) is 6.07 Å². The lowest BCUT2D eigenvalue weighted by Gasteiger charge is -2.27. The van der Waals surface area contributed by atoms with E-state index < -0.39 is 0 Å². The van der Waals surface area contributed by atoms with Crippen molar-refractivity contribution in [2.45, 2.75) is 40.3 Å². The Hall–Kier alpha value is -1.09. The predicted octanol–water partition coefficient (Wildman–Crippen LogP) is 3.42. The zero-order chi connectivity index (χ0) is 13.7. The smallest absolute Gasteiger partial charge is 0.146 e. The van der Waals surface area contributed by atoms with Gasteiger partial charge in [-0.2, -0.15) is 0 Å². The van der Waals surface area contributed by atoms with Crippen molar-refractivity contribution in [2.75, 3.05) is 18.5 Å². The molecule has 0 fully saturated rings. The lowest BCUT2D eigenvalue weighted by molar-refractivity contribution is 0.548. The first-order chi connectivity index (χ1) is 8.43. The quantitative estimate of drug-likeness (QED) is 0.834. The Balaban J connectivity index is 2.87. The molecule has 2 nitrogen and oxygen atoms in total. The van der Waals surface area contributed by atoms with Crippen molar-refractivity contribution in [2.24, 2.45) is 5.92 Å². The minimum Gasteiger partial charge on any atom is -0.370 e. The Kier molecular flexibility index (Phi) is 5.60. The molecule has 0 aromatic heterocycles. The van der Waals surface area contributed by atoms with Crippen LogP contribution in [0.2, 0.25) is 0 Å². The van der Waals surface area contributed by atoms with Crippen LogP contribution in [0, 0.1) is 11.7 Å². The Morgan fingerprint density at radius 3 is 2.44 bits per heavy atom. The van der Waals surface area contributed by atoms with Crippen molar-refractivity contribution in [1.82, 2.24) is 5.32 Å². The summed E-state index contributed by atoms with van der Waals surface area (Å²) in [4.78, 5) is 1.99. The largest absolute Gasteiger partial charge is 0.370 e. The number of anilines is 1. The van der Waals surface area contributed by atoms with E-state index in [4.69, 9.17) is 0 Å². The maximum atomic E-state index is 14.0. The summed E-state index contributed by atoms with van der Waals surface area (Å²) in [5.41, 5.74) is 1.73. The van der Waals surface area contributed by atoms with Gasteiger partial charge in [0.05, 0.1) is 5.69 Å². The first kappa shape index (κ1) is 15.0. The average Bonchev–Trinajstić information content (AvgIpc) is 2.27. The summed E-state index contributed by atoms with van der Waals surface area (Å²) in [7, 11) is 1.94. The topological polar surface area (TPSA) is 15.3 Å². The summed E-state index contributed by atoms with van der Waals surface area (Å²) in [6.07, 6.45) is 0. The zero-order valence-electron chi connectivity index (χ0n) is 12.1.